The molecule has 0 aliphatic carbocycles. The largest absolute Gasteiger partial charge is 0.497 e. The minimum absolute atomic E-state index is 0.0815. The van der Waals surface area contributed by atoms with Crippen molar-refractivity contribution in [3.05, 3.63) is 54.1 Å². The molecule has 0 aromatic heterocycles. The zero-order valence-electron chi connectivity index (χ0n) is 16.3. The Morgan fingerprint density at radius 2 is 1.70 bits per heavy atom. The predicted molar refractivity (Wildman–Crippen MR) is 108 cm³/mol. The fourth-order valence-electron chi connectivity index (χ4n) is 2.86. The first-order valence-electron chi connectivity index (χ1n) is 8.98. The number of carbonyl (C=O) groups is 2. The van der Waals surface area contributed by atoms with Gasteiger partial charge in [-0.1, -0.05) is 19.1 Å². The van der Waals surface area contributed by atoms with Gasteiger partial charge < -0.3 is 15.4 Å². The Morgan fingerprint density at radius 3 is 2.26 bits per heavy atom. The third kappa shape index (κ3) is 6.11. The standard InChI is InChI=1S/C21H27N3O3/c1-5-24(15(2)17-7-6-8-20(13-17)27-4)14-21(26)23-19-11-9-18(10-12-19)22-16(3)25/h6-13,15H,5,14H2,1-4H3,(H,22,25)(H,23,26). The van der Waals surface area contributed by atoms with Gasteiger partial charge in [0.1, 0.15) is 5.75 Å². The molecule has 0 aliphatic rings. The van der Waals surface area contributed by atoms with Crippen molar-refractivity contribution < 1.29 is 14.3 Å². The molecule has 2 amide bonds. The molecule has 0 fully saturated rings. The summed E-state index contributed by atoms with van der Waals surface area (Å²) < 4.78 is 5.29. The van der Waals surface area contributed by atoms with Crippen molar-refractivity contribution in [1.29, 1.82) is 0 Å². The van der Waals surface area contributed by atoms with Crippen LogP contribution in [0.4, 0.5) is 11.4 Å². The van der Waals surface area contributed by atoms with E-state index in [1.54, 1.807) is 31.4 Å². The molecule has 2 aromatic rings. The Kier molecular flexibility index (Phi) is 7.37. The van der Waals surface area contributed by atoms with Crippen LogP contribution in [0.3, 0.4) is 0 Å². The third-order valence-corrected chi connectivity index (χ3v) is 4.37. The number of likely N-dealkylation sites (N-methyl/N-ethyl adjacent to an activating group) is 1. The molecule has 0 radical (unpaired) electrons. The first kappa shape index (κ1) is 20.5. The Labute approximate surface area is 160 Å². The number of ether oxygens (including phenoxy) is 1. The van der Waals surface area contributed by atoms with Crippen molar-refractivity contribution in [1.82, 2.24) is 4.90 Å². The number of amides is 2. The highest BCUT2D eigenvalue weighted by molar-refractivity contribution is 5.93. The van der Waals surface area contributed by atoms with Gasteiger partial charge >= 0.3 is 0 Å². The Bertz CT molecular complexity index is 774. The van der Waals surface area contributed by atoms with Crippen molar-refractivity contribution in [3.63, 3.8) is 0 Å². The molecule has 6 nitrogen and oxygen atoms in total. The summed E-state index contributed by atoms with van der Waals surface area (Å²) in [4.78, 5) is 25.6. The maximum absolute atomic E-state index is 12.5. The molecule has 6 heteroatoms. The van der Waals surface area contributed by atoms with Crippen LogP contribution in [0.15, 0.2) is 48.5 Å². The van der Waals surface area contributed by atoms with Gasteiger partial charge in [-0.3, -0.25) is 14.5 Å². The first-order valence-corrected chi connectivity index (χ1v) is 8.98. The number of nitrogens with one attached hydrogen (secondary N) is 2. The maximum atomic E-state index is 12.5. The zero-order valence-corrected chi connectivity index (χ0v) is 16.3. The Hall–Kier alpha value is -2.86. The quantitative estimate of drug-likeness (QED) is 0.745. The lowest BCUT2D eigenvalue weighted by Crippen LogP contribution is -2.35. The van der Waals surface area contributed by atoms with Crippen LogP contribution >= 0.6 is 0 Å². The number of nitrogens with zero attached hydrogens (tertiary/aromatic N) is 1. The summed E-state index contributed by atoms with van der Waals surface area (Å²) >= 11 is 0. The lowest BCUT2D eigenvalue weighted by Gasteiger charge is -2.27. The molecule has 0 heterocycles. The van der Waals surface area contributed by atoms with Crippen molar-refractivity contribution in [2.45, 2.75) is 26.8 Å². The molecule has 1 atom stereocenters. The second kappa shape index (κ2) is 9.73. The highest BCUT2D eigenvalue weighted by Gasteiger charge is 2.18. The monoisotopic (exact) mass is 369 g/mol. The summed E-state index contributed by atoms with van der Waals surface area (Å²) in [7, 11) is 1.64. The number of methoxy groups -OCH3 is 1. The average Bonchev–Trinajstić information content (AvgIpc) is 2.66. The summed E-state index contributed by atoms with van der Waals surface area (Å²) in [6, 6.07) is 15.0. The van der Waals surface area contributed by atoms with Crippen molar-refractivity contribution >= 4 is 23.2 Å². The molecule has 2 aromatic carbocycles. The summed E-state index contributed by atoms with van der Waals surface area (Å²) in [5.41, 5.74) is 2.49. The number of hydrogen-bond acceptors (Lipinski definition) is 4. The number of carbonyl (C=O) groups excluding carboxylic acids is 2. The topological polar surface area (TPSA) is 70.7 Å². The second-order valence-corrected chi connectivity index (χ2v) is 6.32. The maximum Gasteiger partial charge on any atom is 0.238 e. The van der Waals surface area contributed by atoms with E-state index in [1.165, 1.54) is 6.92 Å². The lowest BCUT2D eigenvalue weighted by molar-refractivity contribution is -0.118. The molecule has 144 valence electrons. The fraction of sp³-hybridized carbons (Fsp3) is 0.333. The van der Waals surface area contributed by atoms with Crippen molar-refractivity contribution in [2.75, 3.05) is 30.8 Å². The van der Waals surface area contributed by atoms with Gasteiger partial charge in [-0.05, 0) is 55.4 Å². The Balaban J connectivity index is 1.98. The minimum atomic E-state index is -0.128. The van der Waals surface area contributed by atoms with E-state index in [1.807, 2.05) is 31.2 Å². The molecule has 1 unspecified atom stereocenters. The van der Waals surface area contributed by atoms with Gasteiger partial charge in [-0.25, -0.2) is 0 Å². The summed E-state index contributed by atoms with van der Waals surface area (Å²) in [5, 5.41) is 5.60. The molecular formula is C21H27N3O3. The smallest absolute Gasteiger partial charge is 0.238 e. The Morgan fingerprint density at radius 1 is 1.07 bits per heavy atom. The molecule has 0 saturated carbocycles. The van der Waals surface area contributed by atoms with Crippen molar-refractivity contribution in [3.8, 4) is 5.75 Å². The van der Waals surface area contributed by atoms with Gasteiger partial charge in [0.25, 0.3) is 0 Å². The van der Waals surface area contributed by atoms with Crippen LogP contribution in [-0.2, 0) is 9.59 Å². The summed E-state index contributed by atoms with van der Waals surface area (Å²) in [5.74, 6) is 0.592. The average molecular weight is 369 g/mol. The predicted octanol–water partition coefficient (Wildman–Crippen LogP) is 3.68. The fourth-order valence-corrected chi connectivity index (χ4v) is 2.86. The third-order valence-electron chi connectivity index (χ3n) is 4.37. The summed E-state index contributed by atoms with van der Waals surface area (Å²) in [6.45, 7) is 6.59. The molecular weight excluding hydrogens is 342 g/mol. The van der Waals surface area contributed by atoms with Crippen molar-refractivity contribution in [2.24, 2.45) is 0 Å². The van der Waals surface area contributed by atoms with E-state index in [9.17, 15) is 9.59 Å². The zero-order chi connectivity index (χ0) is 19.8. The molecule has 0 saturated heterocycles. The van der Waals surface area contributed by atoms with Gasteiger partial charge in [0.05, 0.1) is 13.7 Å². The van der Waals surface area contributed by atoms with Crippen LogP contribution in [-0.4, -0.2) is 36.9 Å². The minimum Gasteiger partial charge on any atom is -0.497 e. The second-order valence-electron chi connectivity index (χ2n) is 6.32. The van der Waals surface area contributed by atoms with Crippen LogP contribution < -0.4 is 15.4 Å². The van der Waals surface area contributed by atoms with E-state index in [4.69, 9.17) is 4.74 Å². The van der Waals surface area contributed by atoms with Crippen LogP contribution in [0.5, 0.6) is 5.75 Å². The van der Waals surface area contributed by atoms with Gasteiger partial charge in [0.2, 0.25) is 11.8 Å². The van der Waals surface area contributed by atoms with E-state index in [0.717, 1.165) is 17.9 Å². The SMILES string of the molecule is CCN(CC(=O)Nc1ccc(NC(C)=O)cc1)C(C)c1cccc(OC)c1. The highest BCUT2D eigenvalue weighted by atomic mass is 16.5. The molecule has 0 spiro atoms. The van der Waals surface area contributed by atoms with E-state index >= 15 is 0 Å². The summed E-state index contributed by atoms with van der Waals surface area (Å²) in [6.07, 6.45) is 0. The van der Waals surface area contributed by atoms with E-state index in [-0.39, 0.29) is 24.4 Å². The van der Waals surface area contributed by atoms with E-state index in [0.29, 0.717) is 11.4 Å². The normalized spacial score (nSPS) is 11.7. The molecule has 2 rings (SSSR count). The molecule has 27 heavy (non-hydrogen) atoms. The van der Waals surface area contributed by atoms with E-state index < -0.39 is 0 Å². The molecule has 0 bridgehead atoms. The number of benzene rings is 2. The van der Waals surface area contributed by atoms with Crippen LogP contribution in [0, 0.1) is 0 Å². The lowest BCUT2D eigenvalue weighted by atomic mass is 10.1. The van der Waals surface area contributed by atoms with Gasteiger partial charge in [0.15, 0.2) is 0 Å². The number of rotatable bonds is 8. The van der Waals surface area contributed by atoms with Crippen LogP contribution in [0.25, 0.3) is 0 Å². The van der Waals surface area contributed by atoms with E-state index in [2.05, 4.69) is 22.5 Å². The first-order chi connectivity index (χ1) is 12.9. The van der Waals surface area contributed by atoms with Gasteiger partial charge in [-0.15, -0.1) is 0 Å². The number of hydrogen-bond donors (Lipinski definition) is 2. The molecule has 2 N–H and O–H groups in total. The highest BCUT2D eigenvalue weighted by Crippen LogP contribution is 2.23. The van der Waals surface area contributed by atoms with Crippen LogP contribution in [0.1, 0.15) is 32.4 Å². The molecule has 0 aliphatic heterocycles. The van der Waals surface area contributed by atoms with Gasteiger partial charge in [0, 0.05) is 24.3 Å². The number of anilines is 2. The van der Waals surface area contributed by atoms with Gasteiger partial charge in [-0.2, -0.15) is 0 Å². The van der Waals surface area contributed by atoms with Crippen LogP contribution in [0.2, 0.25) is 0 Å².